The monoisotopic (exact) mass is 401 g/mol. The first-order valence-electron chi connectivity index (χ1n) is 8.45. The average Bonchev–Trinajstić information content (AvgIpc) is 2.67. The topological polar surface area (TPSA) is 63.2 Å². The molecule has 1 atom stereocenters. The molecule has 0 fully saturated rings. The Bertz CT molecular complexity index is 1120. The molecule has 0 spiro atoms. The highest BCUT2D eigenvalue weighted by molar-refractivity contribution is 7.90. The lowest BCUT2D eigenvalue weighted by atomic mass is 9.96. The van der Waals surface area contributed by atoms with Crippen molar-refractivity contribution in [2.45, 2.75) is 17.7 Å². The first-order chi connectivity index (χ1) is 13.3. The van der Waals surface area contributed by atoms with E-state index in [1.54, 1.807) is 36.4 Å². The third kappa shape index (κ3) is 4.26. The Morgan fingerprint density at radius 3 is 2.29 bits per heavy atom. The number of halogens is 2. The summed E-state index contributed by atoms with van der Waals surface area (Å²) >= 11 is 0. The minimum atomic E-state index is -4.23. The van der Waals surface area contributed by atoms with Gasteiger partial charge in [0.05, 0.1) is 10.8 Å². The zero-order valence-electron chi connectivity index (χ0n) is 14.9. The van der Waals surface area contributed by atoms with Gasteiger partial charge in [-0.25, -0.2) is 21.9 Å². The van der Waals surface area contributed by atoms with Crippen LogP contribution in [-0.2, 0) is 14.8 Å². The molecule has 0 aliphatic heterocycles. The van der Waals surface area contributed by atoms with Gasteiger partial charge in [0, 0.05) is 5.56 Å². The van der Waals surface area contributed by atoms with Gasteiger partial charge in [0.2, 0.25) is 5.91 Å². The van der Waals surface area contributed by atoms with E-state index in [0.29, 0.717) is 16.7 Å². The Labute approximate surface area is 161 Å². The Balaban J connectivity index is 1.81. The van der Waals surface area contributed by atoms with Gasteiger partial charge >= 0.3 is 0 Å². The molecule has 0 saturated heterocycles. The number of hydrogen-bond acceptors (Lipinski definition) is 3. The fourth-order valence-corrected chi connectivity index (χ4v) is 3.80. The summed E-state index contributed by atoms with van der Waals surface area (Å²) in [6.07, 6.45) is 0. The maximum Gasteiger partial charge on any atom is 0.264 e. The summed E-state index contributed by atoms with van der Waals surface area (Å²) < 4.78 is 54.2. The second kappa shape index (κ2) is 7.90. The Kier molecular flexibility index (Phi) is 5.56. The predicted octanol–water partition coefficient (Wildman–Crippen LogP) is 4.24. The molecule has 28 heavy (non-hydrogen) atoms. The number of nitrogens with one attached hydrogen (secondary N) is 1. The maximum atomic E-state index is 14.5. The molecule has 3 aromatic carbocycles. The lowest BCUT2D eigenvalue weighted by Gasteiger charge is -2.14. The van der Waals surface area contributed by atoms with Gasteiger partial charge in [-0.1, -0.05) is 48.5 Å². The van der Waals surface area contributed by atoms with Crippen LogP contribution >= 0.6 is 0 Å². The highest BCUT2D eigenvalue weighted by Gasteiger charge is 2.24. The van der Waals surface area contributed by atoms with Crippen LogP contribution in [0.25, 0.3) is 11.1 Å². The zero-order chi connectivity index (χ0) is 20.3. The summed E-state index contributed by atoms with van der Waals surface area (Å²) in [5, 5.41) is 0. The van der Waals surface area contributed by atoms with Crippen LogP contribution in [0.2, 0.25) is 0 Å². The smallest absolute Gasteiger partial charge is 0.264 e. The number of carbonyl (C=O) groups excluding carboxylic acids is 1. The van der Waals surface area contributed by atoms with Crippen LogP contribution in [-0.4, -0.2) is 14.3 Å². The highest BCUT2D eigenvalue weighted by atomic mass is 32.2. The molecule has 7 heteroatoms. The Morgan fingerprint density at radius 2 is 1.64 bits per heavy atom. The zero-order valence-corrected chi connectivity index (χ0v) is 15.7. The molecule has 3 rings (SSSR count). The molecule has 0 heterocycles. The Morgan fingerprint density at radius 1 is 0.929 bits per heavy atom. The highest BCUT2D eigenvalue weighted by Crippen LogP contribution is 2.26. The number of amides is 1. The molecule has 3 aromatic rings. The van der Waals surface area contributed by atoms with Gasteiger partial charge in [-0.2, -0.15) is 0 Å². The first kappa shape index (κ1) is 19.7. The van der Waals surface area contributed by atoms with Crippen LogP contribution in [0.3, 0.4) is 0 Å². The molecule has 1 unspecified atom stereocenters. The molecule has 144 valence electrons. The van der Waals surface area contributed by atoms with Crippen LogP contribution in [0.15, 0.2) is 77.7 Å². The normalized spacial score (nSPS) is 12.4. The molecule has 0 aromatic heterocycles. The third-order valence-corrected chi connectivity index (χ3v) is 5.66. The largest absolute Gasteiger partial charge is 0.273 e. The van der Waals surface area contributed by atoms with E-state index in [-0.39, 0.29) is 4.90 Å². The van der Waals surface area contributed by atoms with Crippen molar-refractivity contribution in [1.29, 1.82) is 0 Å². The SMILES string of the molecule is CC(C(=O)NS(=O)(=O)c1cccc(F)c1)c1ccc(-c2ccccc2)c(F)c1. The van der Waals surface area contributed by atoms with E-state index in [1.807, 2.05) is 10.8 Å². The van der Waals surface area contributed by atoms with Crippen LogP contribution in [0.1, 0.15) is 18.4 Å². The second-order valence-corrected chi connectivity index (χ2v) is 7.94. The number of benzene rings is 3. The fraction of sp³-hybridized carbons (Fsp3) is 0.0952. The lowest BCUT2D eigenvalue weighted by Crippen LogP contribution is -2.33. The molecule has 1 amide bonds. The van der Waals surface area contributed by atoms with Gasteiger partial charge in [0.25, 0.3) is 10.0 Å². The van der Waals surface area contributed by atoms with E-state index in [2.05, 4.69) is 0 Å². The fourth-order valence-electron chi connectivity index (χ4n) is 2.72. The van der Waals surface area contributed by atoms with Crippen LogP contribution in [0.4, 0.5) is 8.78 Å². The van der Waals surface area contributed by atoms with Crippen molar-refractivity contribution in [2.75, 3.05) is 0 Å². The van der Waals surface area contributed by atoms with Crippen molar-refractivity contribution < 1.29 is 22.0 Å². The summed E-state index contributed by atoms with van der Waals surface area (Å²) in [4.78, 5) is 12.0. The van der Waals surface area contributed by atoms with Crippen LogP contribution in [0.5, 0.6) is 0 Å². The molecule has 0 aliphatic rings. The minimum absolute atomic E-state index is 0.323. The number of carbonyl (C=O) groups is 1. The van der Waals surface area contributed by atoms with E-state index in [1.165, 1.54) is 25.1 Å². The van der Waals surface area contributed by atoms with Crippen LogP contribution in [0, 0.1) is 11.6 Å². The number of sulfonamides is 1. The molecule has 0 bridgehead atoms. The Hall–Kier alpha value is -3.06. The van der Waals surface area contributed by atoms with Gasteiger partial charge in [0.15, 0.2) is 0 Å². The maximum absolute atomic E-state index is 14.5. The molecule has 0 saturated carbocycles. The first-order valence-corrected chi connectivity index (χ1v) is 9.93. The van der Waals surface area contributed by atoms with E-state index >= 15 is 0 Å². The summed E-state index contributed by atoms with van der Waals surface area (Å²) in [5.41, 5.74) is 1.39. The summed E-state index contributed by atoms with van der Waals surface area (Å²) in [7, 11) is -4.23. The van der Waals surface area contributed by atoms with E-state index in [9.17, 15) is 22.0 Å². The van der Waals surface area contributed by atoms with Gasteiger partial charge in [-0.3, -0.25) is 4.79 Å². The van der Waals surface area contributed by atoms with Crippen molar-refractivity contribution in [3.8, 4) is 11.1 Å². The molecule has 0 radical (unpaired) electrons. The van der Waals surface area contributed by atoms with Gasteiger partial charge in [-0.15, -0.1) is 0 Å². The summed E-state index contributed by atoms with van der Waals surface area (Å²) in [6.45, 7) is 1.47. The van der Waals surface area contributed by atoms with Crippen molar-refractivity contribution in [1.82, 2.24) is 4.72 Å². The molecular formula is C21H17F2NO3S. The summed E-state index contributed by atoms with van der Waals surface area (Å²) in [6, 6.07) is 17.6. The standard InChI is InChI=1S/C21H17F2NO3S/c1-14(21(25)24-28(26,27)18-9-5-8-17(22)13-18)16-10-11-19(20(23)12-16)15-6-3-2-4-7-15/h2-14H,1H3,(H,24,25). The molecule has 0 aliphatic carbocycles. The van der Waals surface area contributed by atoms with Gasteiger partial charge in [-0.05, 0) is 42.3 Å². The lowest BCUT2D eigenvalue weighted by molar-refractivity contribution is -0.120. The number of rotatable bonds is 5. The van der Waals surface area contributed by atoms with Gasteiger partial charge < -0.3 is 0 Å². The van der Waals surface area contributed by atoms with Gasteiger partial charge in [0.1, 0.15) is 11.6 Å². The molecule has 4 nitrogen and oxygen atoms in total. The van der Waals surface area contributed by atoms with Crippen molar-refractivity contribution in [2.24, 2.45) is 0 Å². The number of hydrogen-bond donors (Lipinski definition) is 1. The van der Waals surface area contributed by atoms with Crippen molar-refractivity contribution in [3.63, 3.8) is 0 Å². The average molecular weight is 401 g/mol. The summed E-state index contributed by atoms with van der Waals surface area (Å²) in [5.74, 6) is -3.02. The van der Waals surface area contributed by atoms with E-state index in [4.69, 9.17) is 0 Å². The minimum Gasteiger partial charge on any atom is -0.273 e. The second-order valence-electron chi connectivity index (χ2n) is 6.25. The van der Waals surface area contributed by atoms with Crippen molar-refractivity contribution in [3.05, 3.63) is 90.0 Å². The van der Waals surface area contributed by atoms with E-state index in [0.717, 1.165) is 12.1 Å². The molecular weight excluding hydrogens is 384 g/mol. The third-order valence-electron chi connectivity index (χ3n) is 4.31. The predicted molar refractivity (Wildman–Crippen MR) is 102 cm³/mol. The van der Waals surface area contributed by atoms with Crippen molar-refractivity contribution >= 4 is 15.9 Å². The van der Waals surface area contributed by atoms with Crippen LogP contribution < -0.4 is 4.72 Å². The molecule has 1 N–H and O–H groups in total. The quantitative estimate of drug-likeness (QED) is 0.696. The van der Waals surface area contributed by atoms with E-state index < -0.39 is 33.5 Å².